The maximum Gasteiger partial charge on any atom is 0.336 e. The van der Waals surface area contributed by atoms with Crippen molar-refractivity contribution in [1.82, 2.24) is 5.32 Å². The van der Waals surface area contributed by atoms with E-state index >= 15 is 0 Å². The zero-order valence-corrected chi connectivity index (χ0v) is 11.3. The van der Waals surface area contributed by atoms with E-state index in [1.807, 2.05) is 0 Å². The first-order valence-electron chi connectivity index (χ1n) is 6.68. The molecule has 0 aromatic rings. The molecule has 0 saturated heterocycles. The van der Waals surface area contributed by atoms with Gasteiger partial charge in [0.1, 0.15) is 0 Å². The normalized spacial score (nSPS) is 31.9. The summed E-state index contributed by atoms with van der Waals surface area (Å²) in [4.78, 5) is 10.7. The highest BCUT2D eigenvalue weighted by Gasteiger charge is 2.34. The van der Waals surface area contributed by atoms with E-state index in [0.29, 0.717) is 12.5 Å². The number of hydrogen-bond donors (Lipinski definition) is 4. The maximum atomic E-state index is 10.7. The van der Waals surface area contributed by atoms with Crippen molar-refractivity contribution in [2.24, 2.45) is 5.92 Å². The molecule has 1 saturated carbocycles. The Balaban J connectivity index is 2.33. The summed E-state index contributed by atoms with van der Waals surface area (Å²) in [5.41, 5.74) is -2.53. The van der Waals surface area contributed by atoms with Gasteiger partial charge in [0.2, 0.25) is 0 Å². The standard InChI is InChI=1S/C13H25NO4/c1-3-10-4-6-13(18,7-5-10)9-14-8-12(2,17)11(15)16/h10,14,17-18H,3-9H2,1-2H3,(H,15,16). The first-order chi connectivity index (χ1) is 8.29. The van der Waals surface area contributed by atoms with Crippen LogP contribution in [-0.2, 0) is 4.79 Å². The van der Waals surface area contributed by atoms with Crippen LogP contribution in [0.1, 0.15) is 46.0 Å². The van der Waals surface area contributed by atoms with Gasteiger partial charge < -0.3 is 20.6 Å². The van der Waals surface area contributed by atoms with E-state index in [-0.39, 0.29) is 6.54 Å². The van der Waals surface area contributed by atoms with E-state index in [1.165, 1.54) is 6.92 Å². The third-order valence-corrected chi connectivity index (χ3v) is 4.00. The van der Waals surface area contributed by atoms with Gasteiger partial charge >= 0.3 is 5.97 Å². The molecule has 0 spiro atoms. The minimum absolute atomic E-state index is 0.0537. The van der Waals surface area contributed by atoms with Crippen LogP contribution in [0.5, 0.6) is 0 Å². The van der Waals surface area contributed by atoms with Gasteiger partial charge in [-0.3, -0.25) is 0 Å². The van der Waals surface area contributed by atoms with Crippen LogP contribution in [0.25, 0.3) is 0 Å². The Morgan fingerprint density at radius 2 is 2.00 bits per heavy atom. The average Bonchev–Trinajstić information content (AvgIpc) is 2.29. The fourth-order valence-electron chi connectivity index (χ4n) is 2.41. The first kappa shape index (κ1) is 15.4. The van der Waals surface area contributed by atoms with Gasteiger partial charge in [-0.05, 0) is 38.5 Å². The van der Waals surface area contributed by atoms with E-state index in [4.69, 9.17) is 5.11 Å². The third kappa shape index (κ3) is 4.23. The molecule has 0 radical (unpaired) electrons. The van der Waals surface area contributed by atoms with Gasteiger partial charge in [0, 0.05) is 13.1 Å². The quantitative estimate of drug-likeness (QED) is 0.565. The zero-order chi connectivity index (χ0) is 13.8. The molecule has 0 aromatic carbocycles. The Morgan fingerprint density at radius 1 is 1.44 bits per heavy atom. The van der Waals surface area contributed by atoms with E-state index < -0.39 is 17.2 Å². The number of hydrogen-bond acceptors (Lipinski definition) is 4. The number of aliphatic carboxylic acids is 1. The van der Waals surface area contributed by atoms with Crippen molar-refractivity contribution in [3.63, 3.8) is 0 Å². The molecule has 0 bridgehead atoms. The van der Waals surface area contributed by atoms with Crippen LogP contribution in [0, 0.1) is 5.92 Å². The maximum absolute atomic E-state index is 10.7. The molecule has 4 N–H and O–H groups in total. The van der Waals surface area contributed by atoms with Crippen molar-refractivity contribution >= 4 is 5.97 Å². The summed E-state index contributed by atoms with van der Waals surface area (Å²) >= 11 is 0. The Kier molecular flexibility index (Phi) is 5.13. The van der Waals surface area contributed by atoms with Gasteiger partial charge in [-0.1, -0.05) is 13.3 Å². The first-order valence-corrected chi connectivity index (χ1v) is 6.68. The van der Waals surface area contributed by atoms with E-state index in [2.05, 4.69) is 12.2 Å². The highest BCUT2D eigenvalue weighted by Crippen LogP contribution is 2.33. The Morgan fingerprint density at radius 3 is 2.44 bits per heavy atom. The molecule has 1 aliphatic carbocycles. The fourth-order valence-corrected chi connectivity index (χ4v) is 2.41. The topological polar surface area (TPSA) is 89.8 Å². The van der Waals surface area contributed by atoms with Gasteiger partial charge in [0.05, 0.1) is 5.60 Å². The number of rotatable bonds is 6. The predicted octanol–water partition coefficient (Wildman–Crippen LogP) is 0.743. The smallest absolute Gasteiger partial charge is 0.336 e. The minimum atomic E-state index is -1.78. The lowest BCUT2D eigenvalue weighted by Crippen LogP contribution is -2.50. The second kappa shape index (κ2) is 5.99. The highest BCUT2D eigenvalue weighted by molar-refractivity contribution is 5.76. The van der Waals surface area contributed by atoms with Crippen molar-refractivity contribution in [3.8, 4) is 0 Å². The molecule has 1 aliphatic rings. The molecule has 106 valence electrons. The Bertz CT molecular complexity index is 283. The molecular formula is C13H25NO4. The van der Waals surface area contributed by atoms with Crippen LogP contribution in [0.15, 0.2) is 0 Å². The molecule has 1 unspecified atom stereocenters. The lowest BCUT2D eigenvalue weighted by atomic mass is 9.78. The number of nitrogens with one attached hydrogen (secondary N) is 1. The summed E-state index contributed by atoms with van der Waals surface area (Å²) in [6.07, 6.45) is 4.67. The number of carboxylic acid groups (broad SMARTS) is 1. The largest absolute Gasteiger partial charge is 0.479 e. The van der Waals surface area contributed by atoms with Crippen LogP contribution in [0.4, 0.5) is 0 Å². The second-order valence-electron chi connectivity index (χ2n) is 5.76. The number of carboxylic acids is 1. The molecular weight excluding hydrogens is 234 g/mol. The van der Waals surface area contributed by atoms with Crippen LogP contribution >= 0.6 is 0 Å². The molecule has 0 amide bonds. The summed E-state index contributed by atoms with van der Waals surface area (Å²) in [6, 6.07) is 0. The van der Waals surface area contributed by atoms with Crippen molar-refractivity contribution in [2.45, 2.75) is 57.2 Å². The highest BCUT2D eigenvalue weighted by atomic mass is 16.4. The van der Waals surface area contributed by atoms with E-state index in [1.54, 1.807) is 0 Å². The van der Waals surface area contributed by atoms with Crippen molar-refractivity contribution in [2.75, 3.05) is 13.1 Å². The van der Waals surface area contributed by atoms with Crippen molar-refractivity contribution < 1.29 is 20.1 Å². The average molecular weight is 259 g/mol. The Hall–Kier alpha value is -0.650. The van der Waals surface area contributed by atoms with Crippen LogP contribution in [0.3, 0.4) is 0 Å². The molecule has 18 heavy (non-hydrogen) atoms. The van der Waals surface area contributed by atoms with Crippen LogP contribution in [-0.4, -0.2) is 45.6 Å². The van der Waals surface area contributed by atoms with E-state index in [0.717, 1.165) is 32.1 Å². The van der Waals surface area contributed by atoms with E-state index in [9.17, 15) is 15.0 Å². The third-order valence-electron chi connectivity index (χ3n) is 4.00. The molecule has 0 heterocycles. The fraction of sp³-hybridized carbons (Fsp3) is 0.923. The summed E-state index contributed by atoms with van der Waals surface area (Å²) in [6.45, 7) is 3.70. The zero-order valence-electron chi connectivity index (χ0n) is 11.3. The van der Waals surface area contributed by atoms with Crippen LogP contribution < -0.4 is 5.32 Å². The predicted molar refractivity (Wildman–Crippen MR) is 68.3 cm³/mol. The van der Waals surface area contributed by atoms with Gasteiger partial charge in [-0.15, -0.1) is 0 Å². The summed E-state index contributed by atoms with van der Waals surface area (Å²) in [7, 11) is 0. The van der Waals surface area contributed by atoms with Gasteiger partial charge in [0.15, 0.2) is 5.60 Å². The number of aliphatic hydroxyl groups is 2. The summed E-state index contributed by atoms with van der Waals surface area (Å²) in [5.74, 6) is -0.552. The molecule has 1 atom stereocenters. The van der Waals surface area contributed by atoms with Crippen molar-refractivity contribution in [3.05, 3.63) is 0 Å². The lowest BCUT2D eigenvalue weighted by molar-refractivity contribution is -0.156. The molecule has 5 nitrogen and oxygen atoms in total. The Labute approximate surface area is 108 Å². The molecule has 5 heteroatoms. The number of carbonyl (C=O) groups is 1. The lowest BCUT2D eigenvalue weighted by Gasteiger charge is -2.36. The molecule has 0 aliphatic heterocycles. The summed E-state index contributed by atoms with van der Waals surface area (Å²) in [5, 5.41) is 31.5. The SMILES string of the molecule is CCC1CCC(O)(CNCC(C)(O)C(=O)O)CC1. The molecule has 0 aromatic heterocycles. The molecule has 1 rings (SSSR count). The second-order valence-corrected chi connectivity index (χ2v) is 5.76. The summed E-state index contributed by atoms with van der Waals surface area (Å²) < 4.78 is 0. The van der Waals surface area contributed by atoms with Gasteiger partial charge in [-0.25, -0.2) is 4.79 Å². The van der Waals surface area contributed by atoms with Crippen LogP contribution in [0.2, 0.25) is 0 Å². The van der Waals surface area contributed by atoms with Crippen molar-refractivity contribution in [1.29, 1.82) is 0 Å². The minimum Gasteiger partial charge on any atom is -0.479 e. The van der Waals surface area contributed by atoms with Gasteiger partial charge in [0.25, 0.3) is 0 Å². The molecule has 1 fully saturated rings. The monoisotopic (exact) mass is 259 g/mol. The van der Waals surface area contributed by atoms with Gasteiger partial charge in [-0.2, -0.15) is 0 Å².